The summed E-state index contributed by atoms with van der Waals surface area (Å²) in [6.45, 7) is 3.83. The second-order valence-corrected chi connectivity index (χ2v) is 6.06. The summed E-state index contributed by atoms with van der Waals surface area (Å²) in [5, 5.41) is 9.53. The van der Waals surface area contributed by atoms with Crippen LogP contribution >= 0.6 is 0 Å². The molecule has 24 heavy (non-hydrogen) atoms. The lowest BCUT2D eigenvalue weighted by molar-refractivity contribution is -0.145. The summed E-state index contributed by atoms with van der Waals surface area (Å²) in [6.07, 6.45) is 2.17. The van der Waals surface area contributed by atoms with Crippen LogP contribution in [0.2, 0.25) is 0 Å². The van der Waals surface area contributed by atoms with Gasteiger partial charge in [-0.25, -0.2) is 0 Å². The second kappa shape index (κ2) is 8.81. The van der Waals surface area contributed by atoms with Crippen LogP contribution < -0.4 is 0 Å². The molecule has 0 spiro atoms. The van der Waals surface area contributed by atoms with Gasteiger partial charge in [0.1, 0.15) is 5.41 Å². The van der Waals surface area contributed by atoms with Crippen molar-refractivity contribution in [3.8, 4) is 6.07 Å². The first-order chi connectivity index (χ1) is 11.7. The largest absolute Gasteiger partial charge is 0.466 e. The Hall–Kier alpha value is -1.90. The van der Waals surface area contributed by atoms with Crippen molar-refractivity contribution in [2.75, 3.05) is 33.5 Å². The summed E-state index contributed by atoms with van der Waals surface area (Å²) >= 11 is 0. The summed E-state index contributed by atoms with van der Waals surface area (Å²) in [5.41, 5.74) is 1.31. The van der Waals surface area contributed by atoms with Crippen LogP contribution in [0.4, 0.5) is 0 Å². The molecule has 2 rings (SSSR count). The van der Waals surface area contributed by atoms with Crippen molar-refractivity contribution < 1.29 is 19.0 Å². The second-order valence-electron chi connectivity index (χ2n) is 6.06. The van der Waals surface area contributed by atoms with E-state index in [0.29, 0.717) is 39.3 Å². The quantitative estimate of drug-likeness (QED) is 0.541. The molecule has 1 aliphatic rings. The van der Waals surface area contributed by atoms with Crippen molar-refractivity contribution in [2.24, 2.45) is 0 Å². The number of hydrogen-bond acceptors (Lipinski definition) is 5. The summed E-state index contributed by atoms with van der Waals surface area (Å²) in [6, 6.07) is 10.1. The van der Waals surface area contributed by atoms with Gasteiger partial charge in [-0.15, -0.1) is 0 Å². The number of carbonyl (C=O) groups is 1. The van der Waals surface area contributed by atoms with E-state index in [9.17, 15) is 10.1 Å². The van der Waals surface area contributed by atoms with Crippen molar-refractivity contribution in [1.29, 1.82) is 5.26 Å². The number of carbonyl (C=O) groups excluding carboxylic acids is 1. The average Bonchev–Trinajstić information content (AvgIpc) is 3.09. The molecular formula is C19H25NO4. The van der Waals surface area contributed by atoms with Crippen molar-refractivity contribution in [3.05, 3.63) is 35.4 Å². The minimum absolute atomic E-state index is 0.208. The Morgan fingerprint density at radius 1 is 1.42 bits per heavy atom. The highest BCUT2D eigenvalue weighted by molar-refractivity contribution is 5.78. The van der Waals surface area contributed by atoms with E-state index in [-0.39, 0.29) is 11.9 Å². The predicted octanol–water partition coefficient (Wildman–Crippen LogP) is 2.94. The van der Waals surface area contributed by atoms with Gasteiger partial charge in [0, 0.05) is 20.3 Å². The summed E-state index contributed by atoms with van der Waals surface area (Å²) in [7, 11) is 1.65. The van der Waals surface area contributed by atoms with Gasteiger partial charge < -0.3 is 14.2 Å². The Bertz CT molecular complexity index is 570. The van der Waals surface area contributed by atoms with Crippen LogP contribution in [-0.4, -0.2) is 39.5 Å². The van der Waals surface area contributed by atoms with Gasteiger partial charge in [0.05, 0.1) is 25.2 Å². The molecule has 1 aromatic rings. The molecule has 2 atom stereocenters. The highest BCUT2D eigenvalue weighted by atomic mass is 16.5. The first-order valence-corrected chi connectivity index (χ1v) is 8.42. The van der Waals surface area contributed by atoms with Crippen LogP contribution in [0.25, 0.3) is 0 Å². The number of nitrogens with zero attached hydrogens (tertiary/aromatic N) is 1. The van der Waals surface area contributed by atoms with Crippen molar-refractivity contribution in [2.45, 2.75) is 37.5 Å². The molecule has 1 aliphatic heterocycles. The highest BCUT2D eigenvalue weighted by Gasteiger charge is 2.37. The van der Waals surface area contributed by atoms with Gasteiger partial charge in [-0.3, -0.25) is 4.79 Å². The van der Waals surface area contributed by atoms with E-state index >= 15 is 0 Å². The van der Waals surface area contributed by atoms with Crippen molar-refractivity contribution in [1.82, 2.24) is 0 Å². The SMILES string of the molecule is CCOC(=O)C(CCCOC)c1ccc(C2(C#N)CCOC2)cc1. The van der Waals surface area contributed by atoms with Gasteiger partial charge in [-0.05, 0) is 37.3 Å². The summed E-state index contributed by atoms with van der Waals surface area (Å²) in [5.74, 6) is -0.507. The smallest absolute Gasteiger partial charge is 0.313 e. The standard InChI is InChI=1S/C19H25NO4/c1-3-24-18(21)17(5-4-11-22-2)15-6-8-16(9-7-15)19(13-20)10-12-23-14-19/h6-9,17H,3-5,10-12,14H2,1-2H3. The Kier molecular flexibility index (Phi) is 6.77. The molecule has 0 radical (unpaired) electrons. The number of ether oxygens (including phenoxy) is 3. The summed E-state index contributed by atoms with van der Waals surface area (Å²) < 4.78 is 15.7. The molecular weight excluding hydrogens is 306 g/mol. The molecule has 1 heterocycles. The van der Waals surface area contributed by atoms with Crippen molar-refractivity contribution >= 4 is 5.97 Å². The fourth-order valence-electron chi connectivity index (χ4n) is 3.08. The first kappa shape index (κ1) is 18.4. The molecule has 1 aromatic carbocycles. The molecule has 0 amide bonds. The normalized spacial score (nSPS) is 21.2. The van der Waals surface area contributed by atoms with E-state index in [1.54, 1.807) is 7.11 Å². The third-order valence-electron chi connectivity index (χ3n) is 4.51. The van der Waals surface area contributed by atoms with E-state index in [4.69, 9.17) is 14.2 Å². The number of nitriles is 1. The molecule has 0 aliphatic carbocycles. The maximum Gasteiger partial charge on any atom is 0.313 e. The van der Waals surface area contributed by atoms with Crippen LogP contribution in [-0.2, 0) is 24.4 Å². The van der Waals surface area contributed by atoms with E-state index in [2.05, 4.69) is 6.07 Å². The molecule has 0 saturated carbocycles. The van der Waals surface area contributed by atoms with Crippen LogP contribution in [0.5, 0.6) is 0 Å². The number of benzene rings is 1. The van der Waals surface area contributed by atoms with Crippen molar-refractivity contribution in [3.63, 3.8) is 0 Å². The molecule has 1 fully saturated rings. The van der Waals surface area contributed by atoms with Gasteiger partial charge >= 0.3 is 5.97 Å². The number of esters is 1. The lowest BCUT2D eigenvalue weighted by Crippen LogP contribution is -2.24. The number of rotatable bonds is 8. The fourth-order valence-corrected chi connectivity index (χ4v) is 3.08. The van der Waals surface area contributed by atoms with Gasteiger partial charge in [0.2, 0.25) is 0 Å². The molecule has 0 aromatic heterocycles. The Balaban J connectivity index is 2.18. The number of hydrogen-bond donors (Lipinski definition) is 0. The maximum atomic E-state index is 12.3. The topological polar surface area (TPSA) is 68.5 Å². The van der Waals surface area contributed by atoms with Gasteiger partial charge in [0.25, 0.3) is 0 Å². The zero-order valence-electron chi connectivity index (χ0n) is 14.4. The zero-order chi connectivity index (χ0) is 17.4. The monoisotopic (exact) mass is 331 g/mol. The third kappa shape index (κ3) is 4.14. The van der Waals surface area contributed by atoms with Gasteiger partial charge in [-0.1, -0.05) is 24.3 Å². The molecule has 0 N–H and O–H groups in total. The lowest BCUT2D eigenvalue weighted by Gasteiger charge is -2.21. The van der Waals surface area contributed by atoms with Crippen LogP contribution in [0.15, 0.2) is 24.3 Å². The van der Waals surface area contributed by atoms with E-state index in [1.807, 2.05) is 31.2 Å². The molecule has 2 unspecified atom stereocenters. The van der Waals surface area contributed by atoms with Gasteiger partial charge in [-0.2, -0.15) is 5.26 Å². The molecule has 130 valence electrons. The lowest BCUT2D eigenvalue weighted by atomic mass is 9.80. The zero-order valence-corrected chi connectivity index (χ0v) is 14.4. The molecule has 5 heteroatoms. The van der Waals surface area contributed by atoms with Crippen LogP contribution in [0.3, 0.4) is 0 Å². The number of methoxy groups -OCH3 is 1. The Morgan fingerprint density at radius 2 is 2.17 bits per heavy atom. The van der Waals surface area contributed by atoms with Gasteiger partial charge in [0.15, 0.2) is 0 Å². The fraction of sp³-hybridized carbons (Fsp3) is 0.579. The predicted molar refractivity (Wildman–Crippen MR) is 89.7 cm³/mol. The van der Waals surface area contributed by atoms with E-state index in [0.717, 1.165) is 17.5 Å². The minimum atomic E-state index is -0.562. The highest BCUT2D eigenvalue weighted by Crippen LogP contribution is 2.34. The molecule has 0 bridgehead atoms. The first-order valence-electron chi connectivity index (χ1n) is 8.42. The maximum absolute atomic E-state index is 12.3. The Morgan fingerprint density at radius 3 is 2.71 bits per heavy atom. The van der Waals surface area contributed by atoms with Crippen LogP contribution in [0, 0.1) is 11.3 Å². The van der Waals surface area contributed by atoms with E-state index < -0.39 is 5.41 Å². The average molecular weight is 331 g/mol. The molecule has 5 nitrogen and oxygen atoms in total. The minimum Gasteiger partial charge on any atom is -0.466 e. The van der Waals surface area contributed by atoms with Crippen LogP contribution in [0.1, 0.15) is 43.2 Å². The summed E-state index contributed by atoms with van der Waals surface area (Å²) in [4.78, 5) is 12.3. The molecule has 1 saturated heterocycles. The third-order valence-corrected chi connectivity index (χ3v) is 4.51. The Labute approximate surface area is 143 Å². The van der Waals surface area contributed by atoms with E-state index in [1.165, 1.54) is 0 Å².